The van der Waals surface area contributed by atoms with Crippen molar-refractivity contribution in [2.24, 2.45) is 0 Å². The van der Waals surface area contributed by atoms with Crippen LogP contribution < -0.4 is 5.32 Å². The molecule has 1 nitrogen and oxygen atoms in total. The van der Waals surface area contributed by atoms with Gasteiger partial charge in [-0.1, -0.05) is 12.1 Å². The summed E-state index contributed by atoms with van der Waals surface area (Å²) in [6, 6.07) is 6.59. The van der Waals surface area contributed by atoms with E-state index in [2.05, 4.69) is 17.9 Å². The highest BCUT2D eigenvalue weighted by atomic mass is 32.1. The van der Waals surface area contributed by atoms with Crippen LogP contribution in [-0.4, -0.2) is 12.3 Å². The molecule has 0 bridgehead atoms. The summed E-state index contributed by atoms with van der Waals surface area (Å²) in [5.41, 5.74) is 0.969. The Hall–Kier alpha value is -0.540. The van der Waals surface area contributed by atoms with Crippen LogP contribution in [0.5, 0.6) is 0 Å². The van der Waals surface area contributed by atoms with Crippen LogP contribution in [0.15, 0.2) is 24.3 Å². The predicted octanol–water partition coefficient (Wildman–Crippen LogP) is 1.85. The van der Waals surface area contributed by atoms with Crippen LogP contribution in [0, 0.1) is 5.82 Å². The van der Waals surface area contributed by atoms with Crippen LogP contribution in [0.1, 0.15) is 5.56 Å². The summed E-state index contributed by atoms with van der Waals surface area (Å²) in [7, 11) is 0. The maximum absolute atomic E-state index is 12.6. The first-order valence-corrected chi connectivity index (χ1v) is 4.52. The van der Waals surface area contributed by atoms with Gasteiger partial charge in [0.05, 0.1) is 0 Å². The molecule has 0 spiro atoms. The smallest absolute Gasteiger partial charge is 0.123 e. The zero-order chi connectivity index (χ0) is 8.81. The maximum Gasteiger partial charge on any atom is 0.123 e. The highest BCUT2D eigenvalue weighted by Crippen LogP contribution is 2.02. The minimum absolute atomic E-state index is 0.180. The lowest BCUT2D eigenvalue weighted by molar-refractivity contribution is 0.622. The van der Waals surface area contributed by atoms with Gasteiger partial charge in [-0.05, 0) is 17.7 Å². The summed E-state index contributed by atoms with van der Waals surface area (Å²) >= 11 is 4.05. The molecule has 0 amide bonds. The number of rotatable bonds is 4. The summed E-state index contributed by atoms with van der Waals surface area (Å²) in [5.74, 6) is 0.621. The van der Waals surface area contributed by atoms with E-state index in [9.17, 15) is 4.39 Å². The molecular formula is C9H12FNS. The summed E-state index contributed by atoms with van der Waals surface area (Å²) in [4.78, 5) is 0. The normalized spacial score (nSPS) is 10.2. The summed E-state index contributed by atoms with van der Waals surface area (Å²) < 4.78 is 12.6. The van der Waals surface area contributed by atoms with E-state index >= 15 is 0 Å². The standard InChI is InChI=1S/C9H12FNS/c10-9-3-1-2-8(6-9)7-11-4-5-12/h1-3,6,11-12H,4-5,7H2. The number of hydrogen-bond acceptors (Lipinski definition) is 2. The van der Waals surface area contributed by atoms with E-state index in [0.717, 1.165) is 17.9 Å². The summed E-state index contributed by atoms with van der Waals surface area (Å²) in [5, 5.41) is 3.14. The van der Waals surface area contributed by atoms with E-state index in [-0.39, 0.29) is 5.82 Å². The van der Waals surface area contributed by atoms with Crippen LogP contribution in [-0.2, 0) is 6.54 Å². The minimum Gasteiger partial charge on any atom is -0.312 e. The van der Waals surface area contributed by atoms with Crippen molar-refractivity contribution in [3.8, 4) is 0 Å². The van der Waals surface area contributed by atoms with Crippen molar-refractivity contribution in [1.82, 2.24) is 5.32 Å². The third-order valence-electron chi connectivity index (χ3n) is 1.51. The Morgan fingerprint density at radius 3 is 2.92 bits per heavy atom. The van der Waals surface area contributed by atoms with Crippen LogP contribution in [0.3, 0.4) is 0 Å². The van der Waals surface area contributed by atoms with Gasteiger partial charge in [-0.3, -0.25) is 0 Å². The van der Waals surface area contributed by atoms with Crippen molar-refractivity contribution in [1.29, 1.82) is 0 Å². The van der Waals surface area contributed by atoms with E-state index < -0.39 is 0 Å². The van der Waals surface area contributed by atoms with E-state index in [0.29, 0.717) is 6.54 Å². The molecule has 0 aromatic heterocycles. The highest BCUT2D eigenvalue weighted by Gasteiger charge is 1.93. The minimum atomic E-state index is -0.180. The topological polar surface area (TPSA) is 12.0 Å². The van der Waals surface area contributed by atoms with Crippen molar-refractivity contribution < 1.29 is 4.39 Å². The Balaban J connectivity index is 2.41. The number of nitrogens with one attached hydrogen (secondary N) is 1. The van der Waals surface area contributed by atoms with E-state index in [1.807, 2.05) is 6.07 Å². The van der Waals surface area contributed by atoms with Crippen LogP contribution in [0.25, 0.3) is 0 Å². The van der Waals surface area contributed by atoms with Crippen LogP contribution in [0.4, 0.5) is 4.39 Å². The Bertz CT molecular complexity index is 240. The Morgan fingerprint density at radius 2 is 2.25 bits per heavy atom. The number of thiol groups is 1. The third-order valence-corrected chi connectivity index (χ3v) is 1.73. The van der Waals surface area contributed by atoms with Gasteiger partial charge in [0.25, 0.3) is 0 Å². The van der Waals surface area contributed by atoms with Crippen molar-refractivity contribution in [3.63, 3.8) is 0 Å². The number of halogens is 1. The van der Waals surface area contributed by atoms with Crippen molar-refractivity contribution in [3.05, 3.63) is 35.6 Å². The molecule has 0 saturated carbocycles. The average molecular weight is 185 g/mol. The molecule has 12 heavy (non-hydrogen) atoms. The molecule has 0 fully saturated rings. The average Bonchev–Trinajstić information content (AvgIpc) is 2.05. The summed E-state index contributed by atoms with van der Waals surface area (Å²) in [6.07, 6.45) is 0. The van der Waals surface area contributed by atoms with Crippen LogP contribution in [0.2, 0.25) is 0 Å². The first-order valence-electron chi connectivity index (χ1n) is 3.89. The van der Waals surface area contributed by atoms with Gasteiger partial charge in [-0.25, -0.2) is 4.39 Å². The molecule has 3 heteroatoms. The SMILES string of the molecule is Fc1cccc(CNCCS)c1. The fraction of sp³-hybridized carbons (Fsp3) is 0.333. The first-order chi connectivity index (χ1) is 5.83. The second-order valence-corrected chi connectivity index (χ2v) is 2.98. The molecule has 0 saturated heterocycles. The number of benzene rings is 1. The fourth-order valence-corrected chi connectivity index (χ4v) is 1.12. The fourth-order valence-electron chi connectivity index (χ4n) is 0.959. The molecular weight excluding hydrogens is 173 g/mol. The molecule has 0 aliphatic carbocycles. The zero-order valence-corrected chi connectivity index (χ0v) is 7.65. The van der Waals surface area contributed by atoms with Gasteiger partial charge in [0, 0.05) is 18.8 Å². The molecule has 0 heterocycles. The van der Waals surface area contributed by atoms with Crippen molar-refractivity contribution in [2.45, 2.75) is 6.54 Å². The van der Waals surface area contributed by atoms with Crippen molar-refractivity contribution >= 4 is 12.6 Å². The zero-order valence-electron chi connectivity index (χ0n) is 6.76. The molecule has 0 aliphatic heterocycles. The molecule has 1 aromatic rings. The first kappa shape index (κ1) is 9.55. The van der Waals surface area contributed by atoms with Crippen LogP contribution >= 0.6 is 12.6 Å². The van der Waals surface area contributed by atoms with Gasteiger partial charge in [-0.2, -0.15) is 12.6 Å². The quantitative estimate of drug-likeness (QED) is 0.539. The molecule has 0 radical (unpaired) electrons. The Kier molecular flexibility index (Phi) is 4.11. The summed E-state index contributed by atoms with van der Waals surface area (Å²) in [6.45, 7) is 1.55. The monoisotopic (exact) mass is 185 g/mol. The predicted molar refractivity (Wildman–Crippen MR) is 52.0 cm³/mol. The van der Waals surface area contributed by atoms with E-state index in [1.165, 1.54) is 12.1 Å². The van der Waals surface area contributed by atoms with Gasteiger partial charge in [0.1, 0.15) is 5.82 Å². The molecule has 0 unspecified atom stereocenters. The molecule has 0 atom stereocenters. The lowest BCUT2D eigenvalue weighted by Gasteiger charge is -2.02. The molecule has 1 rings (SSSR count). The Labute approximate surface area is 77.4 Å². The third kappa shape index (κ3) is 3.24. The molecule has 1 aromatic carbocycles. The van der Waals surface area contributed by atoms with Gasteiger partial charge in [-0.15, -0.1) is 0 Å². The van der Waals surface area contributed by atoms with Gasteiger partial charge in [0.15, 0.2) is 0 Å². The second kappa shape index (κ2) is 5.17. The Morgan fingerprint density at radius 1 is 1.42 bits per heavy atom. The van der Waals surface area contributed by atoms with E-state index in [1.54, 1.807) is 6.07 Å². The lowest BCUT2D eigenvalue weighted by atomic mass is 10.2. The van der Waals surface area contributed by atoms with E-state index in [4.69, 9.17) is 0 Å². The second-order valence-electron chi connectivity index (χ2n) is 2.53. The largest absolute Gasteiger partial charge is 0.312 e. The molecule has 1 N–H and O–H groups in total. The van der Waals surface area contributed by atoms with Gasteiger partial charge in [0.2, 0.25) is 0 Å². The molecule has 66 valence electrons. The molecule has 0 aliphatic rings. The maximum atomic E-state index is 12.6. The van der Waals surface area contributed by atoms with Crippen molar-refractivity contribution in [2.75, 3.05) is 12.3 Å². The lowest BCUT2D eigenvalue weighted by Crippen LogP contribution is -2.15. The van der Waals surface area contributed by atoms with Gasteiger partial charge >= 0.3 is 0 Å². The van der Waals surface area contributed by atoms with Gasteiger partial charge < -0.3 is 5.32 Å². The highest BCUT2D eigenvalue weighted by molar-refractivity contribution is 7.80. The number of hydrogen-bond donors (Lipinski definition) is 2.